The second-order valence-corrected chi connectivity index (χ2v) is 5.59. The van der Waals surface area contributed by atoms with Gasteiger partial charge in [0.2, 0.25) is 0 Å². The van der Waals surface area contributed by atoms with E-state index in [0.29, 0.717) is 12.8 Å². The quantitative estimate of drug-likeness (QED) is 0.717. The Bertz CT molecular complexity index is 516. The number of likely N-dealkylation sites (tertiary alicyclic amines) is 1. The third-order valence-corrected chi connectivity index (χ3v) is 4.73. The van der Waals surface area contributed by atoms with E-state index in [1.807, 2.05) is 30.3 Å². The fourth-order valence-electron chi connectivity index (χ4n) is 3.35. The number of aliphatic carboxylic acids is 2. The molecule has 0 spiro atoms. The summed E-state index contributed by atoms with van der Waals surface area (Å²) in [4.78, 5) is 24.7. The van der Waals surface area contributed by atoms with Crippen LogP contribution < -0.4 is 10.2 Å². The lowest BCUT2D eigenvalue weighted by molar-refractivity contribution is -0.353. The SMILES string of the molecule is CC[C@@]1(C(=O)[O-])C[C@@](CC)(C(=O)[O-])N1Cc1ccccc1. The number of nitrogens with zero attached hydrogens (tertiary/aromatic N) is 1. The van der Waals surface area contributed by atoms with Gasteiger partial charge in [0.05, 0.1) is 23.0 Å². The van der Waals surface area contributed by atoms with Crippen molar-refractivity contribution >= 4 is 11.9 Å². The summed E-state index contributed by atoms with van der Waals surface area (Å²) >= 11 is 0. The Morgan fingerprint density at radius 3 is 1.90 bits per heavy atom. The van der Waals surface area contributed by atoms with Crippen molar-refractivity contribution in [1.29, 1.82) is 0 Å². The molecule has 0 saturated carbocycles. The molecule has 114 valence electrons. The Morgan fingerprint density at radius 1 is 1.05 bits per heavy atom. The van der Waals surface area contributed by atoms with Crippen LogP contribution in [0.25, 0.3) is 0 Å². The van der Waals surface area contributed by atoms with Crippen molar-refractivity contribution in [1.82, 2.24) is 4.90 Å². The Hall–Kier alpha value is -1.88. The van der Waals surface area contributed by atoms with Gasteiger partial charge in [-0.1, -0.05) is 44.2 Å². The summed E-state index contributed by atoms with van der Waals surface area (Å²) in [5, 5.41) is 23.2. The first-order valence-corrected chi connectivity index (χ1v) is 7.17. The Morgan fingerprint density at radius 2 is 1.52 bits per heavy atom. The highest BCUT2D eigenvalue weighted by Crippen LogP contribution is 2.49. The number of carbonyl (C=O) groups is 2. The molecular weight excluding hydrogens is 270 g/mol. The number of carboxylic acid groups (broad SMARTS) is 2. The maximum Gasteiger partial charge on any atom is 0.0636 e. The molecule has 2 atom stereocenters. The van der Waals surface area contributed by atoms with E-state index >= 15 is 0 Å². The topological polar surface area (TPSA) is 83.5 Å². The van der Waals surface area contributed by atoms with Crippen molar-refractivity contribution in [3.05, 3.63) is 35.9 Å². The smallest absolute Gasteiger partial charge is 0.0636 e. The predicted molar refractivity (Wildman–Crippen MR) is 72.7 cm³/mol. The largest absolute Gasteiger partial charge is 0.548 e. The zero-order valence-electron chi connectivity index (χ0n) is 12.3. The van der Waals surface area contributed by atoms with E-state index in [1.165, 1.54) is 4.90 Å². The van der Waals surface area contributed by atoms with Crippen molar-refractivity contribution in [2.75, 3.05) is 0 Å². The highest BCUT2D eigenvalue weighted by Gasteiger charge is 2.60. The fraction of sp³-hybridized carbons (Fsp3) is 0.500. The number of hydrogen-bond donors (Lipinski definition) is 0. The van der Waals surface area contributed by atoms with Gasteiger partial charge in [-0.3, -0.25) is 4.90 Å². The van der Waals surface area contributed by atoms with E-state index in [0.717, 1.165) is 5.56 Å². The molecule has 0 N–H and O–H groups in total. The van der Waals surface area contributed by atoms with E-state index in [4.69, 9.17) is 0 Å². The van der Waals surface area contributed by atoms with E-state index in [1.54, 1.807) is 13.8 Å². The number of rotatable bonds is 6. The summed E-state index contributed by atoms with van der Waals surface area (Å²) in [7, 11) is 0. The highest BCUT2D eigenvalue weighted by atomic mass is 16.4. The van der Waals surface area contributed by atoms with Crippen LogP contribution in [0.4, 0.5) is 0 Å². The first-order valence-electron chi connectivity index (χ1n) is 7.17. The third kappa shape index (κ3) is 2.21. The van der Waals surface area contributed by atoms with Crippen LogP contribution in [-0.4, -0.2) is 27.9 Å². The van der Waals surface area contributed by atoms with Crippen LogP contribution in [0.3, 0.4) is 0 Å². The normalized spacial score (nSPS) is 28.9. The van der Waals surface area contributed by atoms with E-state index in [2.05, 4.69) is 0 Å². The summed E-state index contributed by atoms with van der Waals surface area (Å²) in [6, 6.07) is 9.24. The van der Waals surface area contributed by atoms with Crippen LogP contribution in [0, 0.1) is 0 Å². The van der Waals surface area contributed by atoms with Gasteiger partial charge in [0.15, 0.2) is 0 Å². The summed E-state index contributed by atoms with van der Waals surface area (Å²) in [5.41, 5.74) is -1.59. The molecule has 0 unspecified atom stereocenters. The first kappa shape index (κ1) is 15.5. The molecule has 1 aliphatic rings. The zero-order chi connectivity index (χ0) is 15.7. The molecular formula is C16H19NO4-2. The van der Waals surface area contributed by atoms with Gasteiger partial charge in [0.1, 0.15) is 0 Å². The molecule has 0 bridgehead atoms. The van der Waals surface area contributed by atoms with Gasteiger partial charge in [-0.05, 0) is 24.8 Å². The van der Waals surface area contributed by atoms with Crippen molar-refractivity contribution in [3.63, 3.8) is 0 Å². The first-order chi connectivity index (χ1) is 9.93. The van der Waals surface area contributed by atoms with E-state index in [-0.39, 0.29) is 13.0 Å². The van der Waals surface area contributed by atoms with Crippen LogP contribution in [0.2, 0.25) is 0 Å². The number of carboxylic acids is 2. The van der Waals surface area contributed by atoms with Crippen molar-refractivity contribution in [3.8, 4) is 0 Å². The van der Waals surface area contributed by atoms with Crippen LogP contribution >= 0.6 is 0 Å². The zero-order valence-corrected chi connectivity index (χ0v) is 12.3. The number of benzene rings is 1. The van der Waals surface area contributed by atoms with E-state index in [9.17, 15) is 19.8 Å². The minimum absolute atomic E-state index is 0.0322. The summed E-state index contributed by atoms with van der Waals surface area (Å²) in [5.74, 6) is -2.43. The Kier molecular flexibility index (Phi) is 4.05. The summed E-state index contributed by atoms with van der Waals surface area (Å²) in [6.45, 7) is 3.73. The third-order valence-electron chi connectivity index (χ3n) is 4.73. The molecule has 0 radical (unpaired) electrons. The Balaban J connectivity index is 2.40. The molecule has 0 aromatic heterocycles. The number of carbonyl (C=O) groups excluding carboxylic acids is 2. The van der Waals surface area contributed by atoms with Gasteiger partial charge in [-0.15, -0.1) is 0 Å². The molecule has 1 aromatic carbocycles. The van der Waals surface area contributed by atoms with Gasteiger partial charge in [0.25, 0.3) is 0 Å². The molecule has 5 nitrogen and oxygen atoms in total. The van der Waals surface area contributed by atoms with Crippen LogP contribution in [-0.2, 0) is 16.1 Å². The minimum atomic E-state index is -1.23. The standard InChI is InChI=1S/C16H21NO4/c1-3-15(13(18)19)11-16(4-2,14(20)21)17(15)10-12-8-6-5-7-9-12/h5-9H,3-4,10-11H2,1-2H3,(H,18,19)(H,20,21)/p-2/t15-,16-/m0/s1. The van der Waals surface area contributed by atoms with Gasteiger partial charge in [-0.25, -0.2) is 0 Å². The van der Waals surface area contributed by atoms with Crippen LogP contribution in [0.5, 0.6) is 0 Å². The maximum atomic E-state index is 11.6. The monoisotopic (exact) mass is 289 g/mol. The fourth-order valence-corrected chi connectivity index (χ4v) is 3.35. The van der Waals surface area contributed by atoms with E-state index < -0.39 is 23.0 Å². The van der Waals surface area contributed by atoms with Gasteiger partial charge in [-0.2, -0.15) is 0 Å². The second-order valence-electron chi connectivity index (χ2n) is 5.59. The maximum absolute atomic E-state index is 11.6. The Labute approximate surface area is 124 Å². The average Bonchev–Trinajstić information content (AvgIpc) is 2.46. The van der Waals surface area contributed by atoms with Crippen molar-refractivity contribution < 1.29 is 19.8 Å². The van der Waals surface area contributed by atoms with Gasteiger partial charge in [0, 0.05) is 6.54 Å². The summed E-state index contributed by atoms with van der Waals surface area (Å²) < 4.78 is 0. The molecule has 0 amide bonds. The average molecular weight is 289 g/mol. The lowest BCUT2D eigenvalue weighted by Gasteiger charge is -2.66. The van der Waals surface area contributed by atoms with Crippen LogP contribution in [0.1, 0.15) is 38.7 Å². The van der Waals surface area contributed by atoms with Gasteiger partial charge < -0.3 is 19.8 Å². The lowest BCUT2D eigenvalue weighted by Crippen LogP contribution is -2.82. The molecule has 5 heteroatoms. The van der Waals surface area contributed by atoms with Gasteiger partial charge >= 0.3 is 0 Å². The molecule has 1 aromatic rings. The lowest BCUT2D eigenvalue weighted by atomic mass is 9.65. The minimum Gasteiger partial charge on any atom is -0.548 e. The molecule has 1 fully saturated rings. The van der Waals surface area contributed by atoms with Crippen molar-refractivity contribution in [2.45, 2.75) is 50.7 Å². The highest BCUT2D eigenvalue weighted by molar-refractivity contribution is 5.87. The number of hydrogen-bond acceptors (Lipinski definition) is 5. The molecule has 0 aliphatic carbocycles. The predicted octanol–water partition coefficient (Wildman–Crippen LogP) is -0.310. The second kappa shape index (κ2) is 5.48. The summed E-state index contributed by atoms with van der Waals surface area (Å²) in [6.07, 6.45) is 0.638. The van der Waals surface area contributed by atoms with Crippen LogP contribution in [0.15, 0.2) is 30.3 Å². The molecule has 21 heavy (non-hydrogen) atoms. The molecule has 1 saturated heterocycles. The molecule has 1 aliphatic heterocycles. The molecule has 2 rings (SSSR count). The van der Waals surface area contributed by atoms with Crippen molar-refractivity contribution in [2.24, 2.45) is 0 Å². The molecule has 1 heterocycles.